The number of thiazole rings is 1. The highest BCUT2D eigenvalue weighted by Gasteiger charge is 2.18. The summed E-state index contributed by atoms with van der Waals surface area (Å²) in [6, 6.07) is 6.00. The molecule has 0 aliphatic carbocycles. The molecule has 2 rings (SSSR count). The summed E-state index contributed by atoms with van der Waals surface area (Å²) in [5.74, 6) is -1.12. The van der Waals surface area contributed by atoms with Crippen molar-refractivity contribution in [3.63, 3.8) is 0 Å². The van der Waals surface area contributed by atoms with Crippen LogP contribution in [-0.4, -0.2) is 28.7 Å². The van der Waals surface area contributed by atoms with E-state index in [2.05, 4.69) is 10.3 Å². The minimum Gasteiger partial charge on any atom is -0.466 e. The highest BCUT2D eigenvalue weighted by atomic mass is 32.2. The van der Waals surface area contributed by atoms with Crippen molar-refractivity contribution >= 4 is 40.7 Å². The van der Waals surface area contributed by atoms with Crippen LogP contribution in [0.4, 0.5) is 10.1 Å². The minimum absolute atomic E-state index is 0.112. The molecule has 0 fully saturated rings. The number of aromatic nitrogens is 1. The van der Waals surface area contributed by atoms with Crippen LogP contribution < -0.4 is 5.32 Å². The van der Waals surface area contributed by atoms with Gasteiger partial charge < -0.3 is 10.1 Å². The topological polar surface area (TPSA) is 68.3 Å². The molecule has 5 nitrogen and oxygen atoms in total. The molecule has 1 heterocycles. The van der Waals surface area contributed by atoms with E-state index in [0.29, 0.717) is 16.6 Å². The molecule has 0 aliphatic rings. The molecular formula is C16H17FN2O3S2. The van der Waals surface area contributed by atoms with E-state index >= 15 is 0 Å². The Balaban J connectivity index is 1.91. The van der Waals surface area contributed by atoms with Crippen LogP contribution in [0.3, 0.4) is 0 Å². The summed E-state index contributed by atoms with van der Waals surface area (Å²) in [5, 5.41) is 3.87. The normalized spacial score (nSPS) is 11.8. The van der Waals surface area contributed by atoms with E-state index in [1.54, 1.807) is 31.4 Å². The van der Waals surface area contributed by atoms with E-state index in [1.807, 2.05) is 0 Å². The number of carbonyl (C=O) groups is 2. The Morgan fingerprint density at radius 3 is 2.88 bits per heavy atom. The van der Waals surface area contributed by atoms with Gasteiger partial charge in [-0.25, -0.2) is 9.37 Å². The first kappa shape index (κ1) is 18.4. The smallest absolute Gasteiger partial charge is 0.311 e. The molecule has 128 valence electrons. The number of anilines is 1. The van der Waals surface area contributed by atoms with Gasteiger partial charge in [0.25, 0.3) is 0 Å². The number of rotatable bonds is 7. The molecule has 0 saturated carbocycles. The Bertz CT molecular complexity index is 721. The Kier molecular flexibility index (Phi) is 6.74. The lowest BCUT2D eigenvalue weighted by molar-refractivity contribution is -0.142. The number of esters is 1. The van der Waals surface area contributed by atoms with Crippen LogP contribution in [0.2, 0.25) is 0 Å². The number of para-hydroxylation sites is 1. The molecule has 1 aromatic carbocycles. The number of ether oxygens (including phenoxy) is 1. The van der Waals surface area contributed by atoms with Crippen molar-refractivity contribution in [1.82, 2.24) is 4.98 Å². The summed E-state index contributed by atoms with van der Waals surface area (Å²) in [5.41, 5.74) is 0.764. The number of nitrogens with zero attached hydrogens (tertiary/aromatic N) is 1. The van der Waals surface area contributed by atoms with Crippen LogP contribution in [0.5, 0.6) is 0 Å². The minimum atomic E-state index is -0.478. The molecule has 1 atom stereocenters. The number of thioether (sulfide) groups is 1. The van der Waals surface area contributed by atoms with Gasteiger partial charge >= 0.3 is 5.97 Å². The fourth-order valence-electron chi connectivity index (χ4n) is 1.79. The summed E-state index contributed by atoms with van der Waals surface area (Å²) < 4.78 is 19.1. The van der Waals surface area contributed by atoms with Crippen LogP contribution in [0, 0.1) is 5.82 Å². The summed E-state index contributed by atoms with van der Waals surface area (Å²) in [6.07, 6.45) is 0.112. The molecule has 1 N–H and O–H groups in total. The number of benzene rings is 1. The standard InChI is InChI=1S/C16H17FN2O3S2/c1-3-22-14(20)8-11-9-23-16(18-11)24-10(2)15(21)19-13-7-5-4-6-12(13)17/h4-7,9-10H,3,8H2,1-2H3,(H,19,21). The van der Waals surface area contributed by atoms with Gasteiger partial charge in [0.05, 0.1) is 29.7 Å². The molecule has 1 unspecified atom stereocenters. The SMILES string of the molecule is CCOC(=O)Cc1csc(SC(C)C(=O)Nc2ccccc2F)n1. The molecule has 0 bridgehead atoms. The molecule has 24 heavy (non-hydrogen) atoms. The van der Waals surface area contributed by atoms with Crippen LogP contribution in [-0.2, 0) is 20.7 Å². The number of hydrogen-bond donors (Lipinski definition) is 1. The third-order valence-corrected chi connectivity index (χ3v) is 5.06. The predicted octanol–water partition coefficient (Wildman–Crippen LogP) is 3.51. The van der Waals surface area contributed by atoms with Crippen LogP contribution in [0.15, 0.2) is 34.0 Å². The Hall–Kier alpha value is -1.93. The van der Waals surface area contributed by atoms with Gasteiger partial charge in [0, 0.05) is 5.38 Å². The first-order valence-electron chi connectivity index (χ1n) is 7.31. The third kappa shape index (κ3) is 5.31. The van der Waals surface area contributed by atoms with E-state index in [-0.39, 0.29) is 24.0 Å². The zero-order valence-corrected chi connectivity index (χ0v) is 14.9. The van der Waals surface area contributed by atoms with Gasteiger partial charge in [0.1, 0.15) is 5.82 Å². The van der Waals surface area contributed by atoms with Crippen molar-refractivity contribution in [3.05, 3.63) is 41.2 Å². The number of carbonyl (C=O) groups excluding carboxylic acids is 2. The van der Waals surface area contributed by atoms with Crippen molar-refractivity contribution < 1.29 is 18.7 Å². The Morgan fingerprint density at radius 2 is 2.17 bits per heavy atom. The highest BCUT2D eigenvalue weighted by molar-refractivity contribution is 8.02. The van der Waals surface area contributed by atoms with Crippen molar-refractivity contribution in [3.8, 4) is 0 Å². The van der Waals surface area contributed by atoms with E-state index in [9.17, 15) is 14.0 Å². The zero-order valence-electron chi connectivity index (χ0n) is 13.2. The van der Waals surface area contributed by atoms with E-state index in [4.69, 9.17) is 4.74 Å². The lowest BCUT2D eigenvalue weighted by Crippen LogP contribution is -2.22. The Labute approximate surface area is 147 Å². The number of nitrogens with one attached hydrogen (secondary N) is 1. The van der Waals surface area contributed by atoms with Crippen LogP contribution in [0.1, 0.15) is 19.5 Å². The maximum Gasteiger partial charge on any atom is 0.311 e. The maximum atomic E-state index is 13.6. The predicted molar refractivity (Wildman–Crippen MR) is 92.8 cm³/mol. The average Bonchev–Trinajstić information content (AvgIpc) is 2.96. The summed E-state index contributed by atoms with van der Waals surface area (Å²) in [6.45, 7) is 3.79. The van der Waals surface area contributed by atoms with Gasteiger partial charge in [-0.05, 0) is 26.0 Å². The van der Waals surface area contributed by atoms with Gasteiger partial charge in [-0.15, -0.1) is 11.3 Å². The van der Waals surface area contributed by atoms with Gasteiger partial charge in [-0.1, -0.05) is 23.9 Å². The molecule has 2 aromatic rings. The largest absolute Gasteiger partial charge is 0.466 e. The molecule has 0 saturated heterocycles. The first-order valence-corrected chi connectivity index (χ1v) is 9.07. The van der Waals surface area contributed by atoms with Gasteiger partial charge in [0.15, 0.2) is 4.34 Å². The second-order valence-corrected chi connectivity index (χ2v) is 7.26. The number of halogens is 1. The maximum absolute atomic E-state index is 13.6. The summed E-state index contributed by atoms with van der Waals surface area (Å²) in [4.78, 5) is 27.9. The lowest BCUT2D eigenvalue weighted by Gasteiger charge is -2.10. The quantitative estimate of drug-likeness (QED) is 0.598. The number of hydrogen-bond acceptors (Lipinski definition) is 6. The van der Waals surface area contributed by atoms with E-state index in [1.165, 1.54) is 35.2 Å². The average molecular weight is 368 g/mol. The van der Waals surface area contributed by atoms with Crippen LogP contribution in [0.25, 0.3) is 0 Å². The van der Waals surface area contributed by atoms with E-state index in [0.717, 1.165) is 0 Å². The van der Waals surface area contributed by atoms with Gasteiger partial charge in [-0.2, -0.15) is 0 Å². The zero-order chi connectivity index (χ0) is 17.5. The van der Waals surface area contributed by atoms with Crippen molar-refractivity contribution in [2.45, 2.75) is 29.9 Å². The van der Waals surface area contributed by atoms with Gasteiger partial charge in [0.2, 0.25) is 5.91 Å². The van der Waals surface area contributed by atoms with Gasteiger partial charge in [-0.3, -0.25) is 9.59 Å². The van der Waals surface area contributed by atoms with Crippen molar-refractivity contribution in [2.24, 2.45) is 0 Å². The monoisotopic (exact) mass is 368 g/mol. The molecule has 8 heteroatoms. The molecule has 0 aliphatic heterocycles. The molecule has 0 spiro atoms. The molecule has 0 radical (unpaired) electrons. The number of amides is 1. The molecule has 1 amide bonds. The second-order valence-electron chi connectivity index (χ2n) is 4.82. The highest BCUT2D eigenvalue weighted by Crippen LogP contribution is 2.28. The fourth-order valence-corrected chi connectivity index (χ4v) is 3.77. The molecular weight excluding hydrogens is 351 g/mol. The Morgan fingerprint density at radius 1 is 1.42 bits per heavy atom. The first-order chi connectivity index (χ1) is 11.5. The van der Waals surface area contributed by atoms with Crippen LogP contribution >= 0.6 is 23.1 Å². The summed E-state index contributed by atoms with van der Waals surface area (Å²) >= 11 is 2.61. The summed E-state index contributed by atoms with van der Waals surface area (Å²) in [7, 11) is 0. The van der Waals surface area contributed by atoms with Crippen molar-refractivity contribution in [1.29, 1.82) is 0 Å². The van der Waals surface area contributed by atoms with E-state index < -0.39 is 11.1 Å². The lowest BCUT2D eigenvalue weighted by atomic mass is 10.3. The second kappa shape index (κ2) is 8.79. The van der Waals surface area contributed by atoms with Crippen molar-refractivity contribution in [2.75, 3.05) is 11.9 Å². The third-order valence-electron chi connectivity index (χ3n) is 2.94. The molecule has 1 aromatic heterocycles. The fraction of sp³-hybridized carbons (Fsp3) is 0.312.